The number of rotatable bonds is 7. The van der Waals surface area contributed by atoms with Crippen LogP contribution in [0.4, 0.5) is 5.69 Å². The van der Waals surface area contributed by atoms with E-state index in [1.54, 1.807) is 6.92 Å². The van der Waals surface area contributed by atoms with E-state index in [9.17, 15) is 19.7 Å². The highest BCUT2D eigenvalue weighted by molar-refractivity contribution is 5.93. The van der Waals surface area contributed by atoms with E-state index in [0.29, 0.717) is 11.8 Å². The van der Waals surface area contributed by atoms with Gasteiger partial charge in [-0.05, 0) is 44.2 Å². The standard InChI is InChI=1S/C20H28N2O6/c1-5-27-18-10-9-15(11-17(18)22(25)26)20(24)28-14(4)19(23)21-16-8-6-7-12(2)13(16)3/h9-14,16H,5-8H2,1-4H3,(H,21,23)/t12-,13-,14+,16+/m0/s1. The number of hydrogen-bond acceptors (Lipinski definition) is 6. The van der Waals surface area contributed by atoms with Crippen LogP contribution < -0.4 is 10.1 Å². The first-order chi connectivity index (χ1) is 13.2. The number of esters is 1. The molecule has 1 aromatic carbocycles. The summed E-state index contributed by atoms with van der Waals surface area (Å²) in [6, 6.07) is 3.90. The molecule has 0 aromatic heterocycles. The molecule has 4 atom stereocenters. The average Bonchev–Trinajstić information content (AvgIpc) is 2.65. The van der Waals surface area contributed by atoms with Crippen molar-refractivity contribution in [2.75, 3.05) is 6.61 Å². The SMILES string of the molecule is CCOc1ccc(C(=O)O[C@H](C)C(=O)N[C@@H]2CCC[C@H](C)[C@@H]2C)cc1[N+](=O)[O-]. The van der Waals surface area contributed by atoms with Crippen molar-refractivity contribution in [2.45, 2.75) is 59.1 Å². The molecule has 0 aliphatic heterocycles. The minimum atomic E-state index is -0.998. The number of amides is 1. The molecule has 1 N–H and O–H groups in total. The van der Waals surface area contributed by atoms with Crippen LogP contribution in [0.15, 0.2) is 18.2 Å². The predicted molar refractivity (Wildman–Crippen MR) is 103 cm³/mol. The Hall–Kier alpha value is -2.64. The number of nitrogens with one attached hydrogen (secondary N) is 1. The summed E-state index contributed by atoms with van der Waals surface area (Å²) in [5, 5.41) is 14.2. The topological polar surface area (TPSA) is 108 Å². The normalized spacial score (nSPS) is 22.8. The second-order valence-corrected chi connectivity index (χ2v) is 7.30. The van der Waals surface area contributed by atoms with E-state index >= 15 is 0 Å². The molecule has 1 fully saturated rings. The highest BCUT2D eigenvalue weighted by Gasteiger charge is 2.30. The first-order valence-electron chi connectivity index (χ1n) is 9.67. The van der Waals surface area contributed by atoms with Crippen LogP contribution in [0.3, 0.4) is 0 Å². The van der Waals surface area contributed by atoms with Gasteiger partial charge in [0.1, 0.15) is 0 Å². The third kappa shape index (κ3) is 5.21. The zero-order valence-corrected chi connectivity index (χ0v) is 16.8. The Bertz CT molecular complexity index is 735. The minimum Gasteiger partial charge on any atom is -0.487 e. The van der Waals surface area contributed by atoms with Crippen LogP contribution in [0.2, 0.25) is 0 Å². The van der Waals surface area contributed by atoms with Crippen molar-refractivity contribution in [3.8, 4) is 5.75 Å². The van der Waals surface area contributed by atoms with E-state index in [4.69, 9.17) is 9.47 Å². The third-order valence-electron chi connectivity index (χ3n) is 5.38. The van der Waals surface area contributed by atoms with Crippen molar-refractivity contribution in [3.63, 3.8) is 0 Å². The zero-order chi connectivity index (χ0) is 20.8. The van der Waals surface area contributed by atoms with Crippen LogP contribution in [-0.4, -0.2) is 35.6 Å². The van der Waals surface area contributed by atoms with Gasteiger partial charge in [0.05, 0.1) is 17.1 Å². The predicted octanol–water partition coefficient (Wildman–Crippen LogP) is 3.48. The second-order valence-electron chi connectivity index (χ2n) is 7.30. The number of ether oxygens (including phenoxy) is 2. The van der Waals surface area contributed by atoms with Gasteiger partial charge in [0.2, 0.25) is 0 Å². The van der Waals surface area contributed by atoms with Gasteiger partial charge in [0.15, 0.2) is 11.9 Å². The fraction of sp³-hybridized carbons (Fsp3) is 0.600. The smallest absolute Gasteiger partial charge is 0.339 e. The monoisotopic (exact) mass is 392 g/mol. The van der Waals surface area contributed by atoms with E-state index in [-0.39, 0.29) is 35.6 Å². The Labute approximate surface area is 164 Å². The van der Waals surface area contributed by atoms with Gasteiger partial charge in [-0.25, -0.2) is 4.79 Å². The van der Waals surface area contributed by atoms with Crippen LogP contribution in [0.1, 0.15) is 57.3 Å². The van der Waals surface area contributed by atoms with Crippen molar-refractivity contribution in [2.24, 2.45) is 11.8 Å². The van der Waals surface area contributed by atoms with E-state index in [1.165, 1.54) is 19.1 Å². The molecule has 1 saturated carbocycles. The second kappa shape index (κ2) is 9.52. The molecule has 8 heteroatoms. The fourth-order valence-electron chi connectivity index (χ4n) is 3.43. The number of nitrogens with zero attached hydrogens (tertiary/aromatic N) is 1. The summed E-state index contributed by atoms with van der Waals surface area (Å²) < 4.78 is 10.4. The highest BCUT2D eigenvalue weighted by Crippen LogP contribution is 2.30. The van der Waals surface area contributed by atoms with Gasteiger partial charge >= 0.3 is 11.7 Å². The maximum absolute atomic E-state index is 12.4. The Balaban J connectivity index is 2.02. The average molecular weight is 392 g/mol. The van der Waals surface area contributed by atoms with Crippen molar-refractivity contribution in [1.82, 2.24) is 5.32 Å². The summed E-state index contributed by atoms with van der Waals surface area (Å²) in [7, 11) is 0. The highest BCUT2D eigenvalue weighted by atomic mass is 16.6. The maximum Gasteiger partial charge on any atom is 0.339 e. The zero-order valence-electron chi connectivity index (χ0n) is 16.8. The van der Waals surface area contributed by atoms with E-state index in [0.717, 1.165) is 25.3 Å². The summed E-state index contributed by atoms with van der Waals surface area (Å²) in [5.41, 5.74) is -0.326. The van der Waals surface area contributed by atoms with Gasteiger partial charge in [-0.3, -0.25) is 14.9 Å². The summed E-state index contributed by atoms with van der Waals surface area (Å²) in [4.78, 5) is 35.3. The van der Waals surface area contributed by atoms with Crippen molar-refractivity contribution >= 4 is 17.6 Å². The van der Waals surface area contributed by atoms with Crippen LogP contribution in [0.25, 0.3) is 0 Å². The van der Waals surface area contributed by atoms with Crippen LogP contribution >= 0.6 is 0 Å². The Morgan fingerprint density at radius 3 is 2.68 bits per heavy atom. The number of nitro benzene ring substituents is 1. The lowest BCUT2D eigenvalue weighted by Crippen LogP contribution is -2.47. The number of benzene rings is 1. The summed E-state index contributed by atoms with van der Waals surface area (Å²) >= 11 is 0. The molecule has 154 valence electrons. The molecule has 0 spiro atoms. The minimum absolute atomic E-state index is 0.00513. The van der Waals surface area contributed by atoms with Crippen molar-refractivity contribution in [1.29, 1.82) is 0 Å². The lowest BCUT2D eigenvalue weighted by molar-refractivity contribution is -0.385. The third-order valence-corrected chi connectivity index (χ3v) is 5.38. The molecule has 0 saturated heterocycles. The largest absolute Gasteiger partial charge is 0.487 e. The molecule has 1 amide bonds. The Kier molecular flexibility index (Phi) is 7.37. The Morgan fingerprint density at radius 1 is 1.32 bits per heavy atom. The maximum atomic E-state index is 12.4. The van der Waals surface area contributed by atoms with E-state index in [2.05, 4.69) is 19.2 Å². The fourth-order valence-corrected chi connectivity index (χ4v) is 3.43. The van der Waals surface area contributed by atoms with Crippen LogP contribution in [0, 0.1) is 22.0 Å². The van der Waals surface area contributed by atoms with Crippen molar-refractivity contribution in [3.05, 3.63) is 33.9 Å². The first kappa shape index (κ1) is 21.7. The number of carbonyl (C=O) groups excluding carboxylic acids is 2. The van der Waals surface area contributed by atoms with Gasteiger partial charge in [0, 0.05) is 12.1 Å². The first-order valence-corrected chi connectivity index (χ1v) is 9.67. The van der Waals surface area contributed by atoms with Gasteiger partial charge in [-0.15, -0.1) is 0 Å². The summed E-state index contributed by atoms with van der Waals surface area (Å²) in [6.45, 7) is 7.75. The van der Waals surface area contributed by atoms with E-state index < -0.39 is 17.0 Å². The number of carbonyl (C=O) groups is 2. The Morgan fingerprint density at radius 2 is 2.04 bits per heavy atom. The summed E-state index contributed by atoms with van der Waals surface area (Å²) in [5.74, 6) is -0.190. The quantitative estimate of drug-likeness (QED) is 0.432. The summed E-state index contributed by atoms with van der Waals surface area (Å²) in [6.07, 6.45) is 2.11. The van der Waals surface area contributed by atoms with Gasteiger partial charge < -0.3 is 14.8 Å². The molecule has 1 aromatic rings. The molecule has 0 unspecified atom stereocenters. The molecule has 2 rings (SSSR count). The molecular weight excluding hydrogens is 364 g/mol. The lowest BCUT2D eigenvalue weighted by atomic mass is 9.78. The van der Waals surface area contributed by atoms with Gasteiger partial charge in [-0.2, -0.15) is 0 Å². The lowest BCUT2D eigenvalue weighted by Gasteiger charge is -2.35. The number of nitro groups is 1. The van der Waals surface area contributed by atoms with Crippen LogP contribution in [0.5, 0.6) is 5.75 Å². The molecule has 1 aliphatic rings. The molecular formula is C20H28N2O6. The van der Waals surface area contributed by atoms with Crippen molar-refractivity contribution < 1.29 is 24.0 Å². The molecule has 0 bridgehead atoms. The number of hydrogen-bond donors (Lipinski definition) is 1. The molecule has 0 heterocycles. The van der Waals surface area contributed by atoms with Gasteiger partial charge in [0.25, 0.3) is 5.91 Å². The molecule has 8 nitrogen and oxygen atoms in total. The molecule has 1 aliphatic carbocycles. The van der Waals surface area contributed by atoms with Crippen LogP contribution in [-0.2, 0) is 9.53 Å². The molecule has 28 heavy (non-hydrogen) atoms. The van der Waals surface area contributed by atoms with Gasteiger partial charge in [-0.1, -0.05) is 26.7 Å². The van der Waals surface area contributed by atoms with E-state index in [1.807, 2.05) is 0 Å². The molecule has 0 radical (unpaired) electrons.